The molecule has 2 fully saturated rings. The molecule has 6 nitrogen and oxygen atoms in total. The Hall–Kier alpha value is -2.70. The van der Waals surface area contributed by atoms with Crippen molar-refractivity contribution < 1.29 is 14.0 Å². The van der Waals surface area contributed by atoms with E-state index in [4.69, 9.17) is 0 Å². The Morgan fingerprint density at radius 2 is 1.87 bits per heavy atom. The predicted molar refractivity (Wildman–Crippen MR) is 113 cm³/mol. The van der Waals surface area contributed by atoms with Crippen LogP contribution in [0.5, 0.6) is 0 Å². The van der Waals surface area contributed by atoms with E-state index in [1.807, 2.05) is 9.58 Å². The average Bonchev–Trinajstić information content (AvgIpc) is 3.44. The molecule has 30 heavy (non-hydrogen) atoms. The van der Waals surface area contributed by atoms with Crippen LogP contribution >= 0.6 is 0 Å². The van der Waals surface area contributed by atoms with E-state index in [9.17, 15) is 14.0 Å². The first-order valence-electron chi connectivity index (χ1n) is 11.0. The maximum atomic E-state index is 13.4. The number of carbonyl (C=O) groups excluding carboxylic acids is 2. The van der Waals surface area contributed by atoms with Gasteiger partial charge in [-0.3, -0.25) is 9.59 Å². The molecule has 0 unspecified atom stereocenters. The van der Waals surface area contributed by atoms with E-state index < -0.39 is 5.82 Å². The lowest BCUT2D eigenvalue weighted by Crippen LogP contribution is -2.39. The van der Waals surface area contributed by atoms with E-state index in [1.165, 1.54) is 43.9 Å². The van der Waals surface area contributed by atoms with Gasteiger partial charge in [-0.15, -0.1) is 0 Å². The Balaban J connectivity index is 1.30. The number of likely N-dealkylation sites (tertiary alicyclic amines) is 1. The molecular weight excluding hydrogens is 383 g/mol. The normalized spacial score (nSPS) is 18.0. The van der Waals surface area contributed by atoms with Crippen LogP contribution in [0.15, 0.2) is 36.5 Å². The van der Waals surface area contributed by atoms with Crippen molar-refractivity contribution in [2.24, 2.45) is 5.92 Å². The molecule has 1 aliphatic heterocycles. The van der Waals surface area contributed by atoms with Gasteiger partial charge in [-0.2, -0.15) is 5.10 Å². The van der Waals surface area contributed by atoms with E-state index >= 15 is 0 Å². The van der Waals surface area contributed by atoms with Crippen LogP contribution in [-0.4, -0.2) is 39.6 Å². The summed E-state index contributed by atoms with van der Waals surface area (Å²) in [6.07, 6.45) is 10.1. The van der Waals surface area contributed by atoms with Crippen LogP contribution in [0.25, 0.3) is 0 Å². The molecule has 1 aromatic heterocycles. The monoisotopic (exact) mass is 412 g/mol. The highest BCUT2D eigenvalue weighted by Gasteiger charge is 2.26. The number of halogens is 1. The Kier molecular flexibility index (Phi) is 6.45. The van der Waals surface area contributed by atoms with Crippen molar-refractivity contribution in [1.82, 2.24) is 14.7 Å². The molecule has 2 amide bonds. The number of aromatic nitrogens is 2. The molecule has 0 radical (unpaired) electrons. The highest BCUT2D eigenvalue weighted by molar-refractivity contribution is 6.03. The van der Waals surface area contributed by atoms with Gasteiger partial charge in [0.2, 0.25) is 5.91 Å². The number of anilines is 1. The molecule has 7 heteroatoms. The van der Waals surface area contributed by atoms with Crippen LogP contribution in [0.1, 0.15) is 67.8 Å². The quantitative estimate of drug-likeness (QED) is 0.764. The molecule has 2 heterocycles. The molecule has 1 aliphatic carbocycles. The first-order chi connectivity index (χ1) is 14.6. The summed E-state index contributed by atoms with van der Waals surface area (Å²) in [6.45, 7) is 1.43. The van der Waals surface area contributed by atoms with E-state index in [0.717, 1.165) is 25.2 Å². The molecule has 0 atom stereocenters. The minimum Gasteiger partial charge on any atom is -0.343 e. The summed E-state index contributed by atoms with van der Waals surface area (Å²) in [6, 6.07) is 7.49. The Morgan fingerprint density at radius 3 is 2.60 bits per heavy atom. The second-order valence-corrected chi connectivity index (χ2v) is 8.43. The number of piperidine rings is 1. The zero-order valence-electron chi connectivity index (χ0n) is 17.2. The van der Waals surface area contributed by atoms with Crippen molar-refractivity contribution in [3.05, 3.63) is 47.9 Å². The highest BCUT2D eigenvalue weighted by atomic mass is 19.1. The van der Waals surface area contributed by atoms with Crippen LogP contribution < -0.4 is 5.32 Å². The first-order valence-corrected chi connectivity index (χ1v) is 11.0. The van der Waals surface area contributed by atoms with Crippen molar-refractivity contribution in [2.45, 2.75) is 57.4 Å². The van der Waals surface area contributed by atoms with E-state index in [2.05, 4.69) is 10.4 Å². The summed E-state index contributed by atoms with van der Waals surface area (Å²) in [5, 5.41) is 7.22. The largest absolute Gasteiger partial charge is 0.343 e. The summed E-state index contributed by atoms with van der Waals surface area (Å²) in [4.78, 5) is 27.0. The van der Waals surface area contributed by atoms with Crippen LogP contribution in [-0.2, 0) is 4.79 Å². The van der Waals surface area contributed by atoms with E-state index in [1.54, 1.807) is 18.3 Å². The number of hydrogen-bond acceptors (Lipinski definition) is 3. The summed E-state index contributed by atoms with van der Waals surface area (Å²) in [5.74, 6) is 0.785. The third-order valence-corrected chi connectivity index (χ3v) is 6.40. The van der Waals surface area contributed by atoms with Crippen LogP contribution in [0.2, 0.25) is 0 Å². The van der Waals surface area contributed by atoms with Gasteiger partial charge < -0.3 is 10.2 Å². The molecular formula is C23H29FN4O2. The molecule has 1 saturated carbocycles. The third-order valence-electron chi connectivity index (χ3n) is 6.40. The lowest BCUT2D eigenvalue weighted by atomic mass is 10.00. The van der Waals surface area contributed by atoms with Crippen molar-refractivity contribution in [2.75, 3.05) is 18.4 Å². The van der Waals surface area contributed by atoms with Gasteiger partial charge in [0.05, 0.1) is 12.2 Å². The predicted octanol–water partition coefficient (Wildman–Crippen LogP) is 4.41. The second kappa shape index (κ2) is 9.41. The number of rotatable bonds is 6. The molecule has 4 rings (SSSR count). The molecule has 2 aliphatic rings. The summed E-state index contributed by atoms with van der Waals surface area (Å²) in [7, 11) is 0. The van der Waals surface area contributed by atoms with Crippen molar-refractivity contribution in [3.8, 4) is 0 Å². The molecule has 0 spiro atoms. The van der Waals surface area contributed by atoms with Gasteiger partial charge in [-0.25, -0.2) is 9.07 Å². The zero-order valence-corrected chi connectivity index (χ0v) is 17.2. The summed E-state index contributed by atoms with van der Waals surface area (Å²) >= 11 is 0. The fourth-order valence-electron chi connectivity index (χ4n) is 4.67. The first kappa shape index (κ1) is 20.6. The minimum absolute atomic E-state index is 0.127. The number of carbonyl (C=O) groups is 2. The molecule has 1 aromatic carbocycles. The van der Waals surface area contributed by atoms with Crippen LogP contribution in [0.4, 0.5) is 10.2 Å². The molecule has 1 saturated heterocycles. The lowest BCUT2D eigenvalue weighted by molar-refractivity contribution is -0.132. The number of amides is 2. The maximum Gasteiger partial charge on any atom is 0.256 e. The summed E-state index contributed by atoms with van der Waals surface area (Å²) in [5.41, 5.74) is 0.269. The standard InChI is InChI=1S/C23H29FN4O2/c24-19-7-3-6-18(16-19)23(30)26-21-10-13-25-28(21)20-11-14-27(15-12-20)22(29)9-8-17-4-1-2-5-17/h3,6-7,10,13,16-17,20H,1-2,4-5,8-9,11-12,14-15H2,(H,26,30). The Morgan fingerprint density at radius 1 is 1.10 bits per heavy atom. The number of benzene rings is 1. The fraction of sp³-hybridized carbons (Fsp3) is 0.522. The summed E-state index contributed by atoms with van der Waals surface area (Å²) < 4.78 is 15.2. The van der Waals surface area contributed by atoms with Crippen molar-refractivity contribution in [1.29, 1.82) is 0 Å². The van der Waals surface area contributed by atoms with Gasteiger partial charge in [-0.05, 0) is 43.4 Å². The third kappa shape index (κ3) is 4.89. The average molecular weight is 413 g/mol. The molecule has 160 valence electrons. The Bertz CT molecular complexity index is 883. The number of nitrogens with zero attached hydrogens (tertiary/aromatic N) is 3. The molecule has 1 N–H and O–H groups in total. The minimum atomic E-state index is -0.443. The smallest absolute Gasteiger partial charge is 0.256 e. The SMILES string of the molecule is O=C(Nc1ccnn1C1CCN(C(=O)CCC2CCCC2)CC1)c1cccc(F)c1. The molecule has 0 bridgehead atoms. The second-order valence-electron chi connectivity index (χ2n) is 8.43. The fourth-order valence-corrected chi connectivity index (χ4v) is 4.67. The van der Waals surface area contributed by atoms with Gasteiger partial charge in [0.25, 0.3) is 5.91 Å². The van der Waals surface area contributed by atoms with E-state index in [-0.39, 0.29) is 23.4 Å². The Labute approximate surface area is 176 Å². The van der Waals surface area contributed by atoms with Crippen LogP contribution in [0.3, 0.4) is 0 Å². The van der Waals surface area contributed by atoms with Crippen LogP contribution in [0, 0.1) is 11.7 Å². The molecule has 2 aromatic rings. The van der Waals surface area contributed by atoms with Gasteiger partial charge in [-0.1, -0.05) is 31.7 Å². The lowest BCUT2D eigenvalue weighted by Gasteiger charge is -2.33. The van der Waals surface area contributed by atoms with Gasteiger partial charge in [0.15, 0.2) is 0 Å². The van der Waals surface area contributed by atoms with E-state index in [0.29, 0.717) is 25.3 Å². The number of nitrogens with one attached hydrogen (secondary N) is 1. The van der Waals surface area contributed by atoms with Gasteiger partial charge >= 0.3 is 0 Å². The number of hydrogen-bond donors (Lipinski definition) is 1. The maximum absolute atomic E-state index is 13.4. The topological polar surface area (TPSA) is 67.2 Å². The zero-order chi connectivity index (χ0) is 20.9. The van der Waals surface area contributed by atoms with Crippen molar-refractivity contribution >= 4 is 17.6 Å². The highest BCUT2D eigenvalue weighted by Crippen LogP contribution is 2.30. The van der Waals surface area contributed by atoms with Crippen molar-refractivity contribution in [3.63, 3.8) is 0 Å². The van der Waals surface area contributed by atoms with Gasteiger partial charge in [0, 0.05) is 31.1 Å². The van der Waals surface area contributed by atoms with Gasteiger partial charge in [0.1, 0.15) is 11.6 Å².